The fourth-order valence-electron chi connectivity index (χ4n) is 3.36. The van der Waals surface area contributed by atoms with Gasteiger partial charge in [0.25, 0.3) is 0 Å². The standard InChI is InChI=1S/C21H41N3/c1-3-4-5-6-7-8-9-10-11-12-13-14-15-16-17-21-23-18-19-24(21)20(2)22/h6-7,18,20-21H,3-5,8-17,19,22H2,1-2H3/b7-6+. The lowest BCUT2D eigenvalue weighted by Crippen LogP contribution is -2.43. The van der Waals surface area contributed by atoms with Gasteiger partial charge in [-0.1, -0.05) is 70.4 Å². The van der Waals surface area contributed by atoms with E-state index >= 15 is 0 Å². The summed E-state index contributed by atoms with van der Waals surface area (Å²) >= 11 is 0. The van der Waals surface area contributed by atoms with Crippen molar-refractivity contribution < 1.29 is 0 Å². The summed E-state index contributed by atoms with van der Waals surface area (Å²) in [6, 6.07) is 0. The molecule has 0 bridgehead atoms. The van der Waals surface area contributed by atoms with E-state index in [0.29, 0.717) is 6.17 Å². The van der Waals surface area contributed by atoms with Crippen LogP contribution in [0, 0.1) is 0 Å². The van der Waals surface area contributed by atoms with Crippen LogP contribution >= 0.6 is 0 Å². The fourth-order valence-corrected chi connectivity index (χ4v) is 3.36. The van der Waals surface area contributed by atoms with Gasteiger partial charge < -0.3 is 5.73 Å². The number of hydrogen-bond donors (Lipinski definition) is 1. The van der Waals surface area contributed by atoms with E-state index in [4.69, 9.17) is 5.73 Å². The summed E-state index contributed by atoms with van der Waals surface area (Å²) < 4.78 is 0. The van der Waals surface area contributed by atoms with Crippen molar-refractivity contribution in [2.75, 3.05) is 6.54 Å². The summed E-state index contributed by atoms with van der Waals surface area (Å²) in [6.07, 6.45) is 24.6. The van der Waals surface area contributed by atoms with Crippen molar-refractivity contribution >= 4 is 6.21 Å². The van der Waals surface area contributed by atoms with Crippen molar-refractivity contribution in [1.82, 2.24) is 4.90 Å². The first kappa shape index (κ1) is 21.4. The summed E-state index contributed by atoms with van der Waals surface area (Å²) in [5.41, 5.74) is 5.98. The molecule has 0 fully saturated rings. The molecule has 0 aromatic carbocycles. The quantitative estimate of drug-likeness (QED) is 0.310. The van der Waals surface area contributed by atoms with Gasteiger partial charge in [-0.05, 0) is 39.0 Å². The van der Waals surface area contributed by atoms with Crippen molar-refractivity contribution in [2.24, 2.45) is 10.7 Å². The smallest absolute Gasteiger partial charge is 0.103 e. The van der Waals surface area contributed by atoms with Crippen LogP contribution in [-0.4, -0.2) is 30.0 Å². The number of rotatable bonds is 15. The number of allylic oxidation sites excluding steroid dienone is 2. The molecule has 0 aromatic rings. The van der Waals surface area contributed by atoms with Crippen LogP contribution in [0.1, 0.15) is 97.3 Å². The Bertz CT molecular complexity index is 336. The number of nitrogens with zero attached hydrogens (tertiary/aromatic N) is 2. The lowest BCUT2D eigenvalue weighted by Gasteiger charge is -2.26. The predicted octanol–water partition coefficient (Wildman–Crippen LogP) is 5.65. The van der Waals surface area contributed by atoms with Crippen molar-refractivity contribution in [3.63, 3.8) is 0 Å². The highest BCUT2D eigenvalue weighted by molar-refractivity contribution is 5.62. The number of aliphatic imine (C=N–C) groups is 1. The third kappa shape index (κ3) is 10.2. The average molecular weight is 336 g/mol. The Morgan fingerprint density at radius 1 is 1.00 bits per heavy atom. The van der Waals surface area contributed by atoms with Gasteiger partial charge in [-0.25, -0.2) is 0 Å². The molecule has 1 heterocycles. The van der Waals surface area contributed by atoms with Crippen molar-refractivity contribution in [3.8, 4) is 0 Å². The van der Waals surface area contributed by atoms with Gasteiger partial charge in [-0.3, -0.25) is 9.89 Å². The van der Waals surface area contributed by atoms with Gasteiger partial charge in [-0.15, -0.1) is 0 Å². The zero-order chi connectivity index (χ0) is 17.5. The van der Waals surface area contributed by atoms with Crippen LogP contribution in [0.4, 0.5) is 0 Å². The van der Waals surface area contributed by atoms with Crippen LogP contribution in [-0.2, 0) is 0 Å². The molecule has 24 heavy (non-hydrogen) atoms. The van der Waals surface area contributed by atoms with E-state index in [9.17, 15) is 0 Å². The molecule has 1 rings (SSSR count). The van der Waals surface area contributed by atoms with Crippen LogP contribution < -0.4 is 5.73 Å². The van der Waals surface area contributed by atoms with E-state index in [1.165, 1.54) is 83.5 Å². The minimum atomic E-state index is 0.124. The molecule has 140 valence electrons. The largest absolute Gasteiger partial charge is 0.316 e. The average Bonchev–Trinajstić information content (AvgIpc) is 3.04. The Hall–Kier alpha value is -0.670. The molecule has 3 nitrogen and oxygen atoms in total. The second-order valence-electron chi connectivity index (χ2n) is 7.27. The molecule has 1 aliphatic heterocycles. The predicted molar refractivity (Wildman–Crippen MR) is 107 cm³/mol. The molecule has 2 atom stereocenters. The van der Waals surface area contributed by atoms with Gasteiger partial charge in [0.2, 0.25) is 0 Å². The molecule has 1 aliphatic rings. The van der Waals surface area contributed by atoms with Gasteiger partial charge in [-0.2, -0.15) is 0 Å². The second kappa shape index (κ2) is 14.7. The summed E-state index contributed by atoms with van der Waals surface area (Å²) in [7, 11) is 0. The fraction of sp³-hybridized carbons (Fsp3) is 0.857. The number of hydrogen-bond acceptors (Lipinski definition) is 3. The van der Waals surface area contributed by atoms with Crippen LogP contribution in [0.2, 0.25) is 0 Å². The summed E-state index contributed by atoms with van der Waals surface area (Å²) in [6.45, 7) is 5.24. The minimum absolute atomic E-state index is 0.124. The molecule has 0 saturated carbocycles. The number of nitrogens with two attached hydrogens (primary N) is 1. The van der Waals surface area contributed by atoms with Crippen molar-refractivity contribution in [1.29, 1.82) is 0 Å². The van der Waals surface area contributed by atoms with E-state index in [0.717, 1.165) is 6.54 Å². The Kier molecular flexibility index (Phi) is 13.1. The molecule has 0 spiro atoms. The van der Waals surface area contributed by atoms with E-state index in [2.05, 4.69) is 35.9 Å². The van der Waals surface area contributed by atoms with Gasteiger partial charge in [0.05, 0.1) is 6.17 Å². The Labute approximate surface area is 150 Å². The second-order valence-corrected chi connectivity index (χ2v) is 7.27. The summed E-state index contributed by atoms with van der Waals surface area (Å²) in [4.78, 5) is 6.84. The van der Waals surface area contributed by atoms with Gasteiger partial charge in [0, 0.05) is 12.8 Å². The van der Waals surface area contributed by atoms with Crippen molar-refractivity contribution in [3.05, 3.63) is 12.2 Å². The Morgan fingerprint density at radius 2 is 1.58 bits per heavy atom. The maximum absolute atomic E-state index is 5.98. The van der Waals surface area contributed by atoms with Crippen LogP contribution in [0.15, 0.2) is 17.1 Å². The zero-order valence-electron chi connectivity index (χ0n) is 16.3. The highest BCUT2D eigenvalue weighted by atomic mass is 15.3. The highest BCUT2D eigenvalue weighted by Crippen LogP contribution is 2.17. The van der Waals surface area contributed by atoms with E-state index < -0.39 is 0 Å². The summed E-state index contributed by atoms with van der Waals surface area (Å²) in [5, 5.41) is 0. The minimum Gasteiger partial charge on any atom is -0.316 e. The molecule has 3 heteroatoms. The number of unbranched alkanes of at least 4 members (excludes halogenated alkanes) is 10. The molecule has 0 aliphatic carbocycles. The summed E-state index contributed by atoms with van der Waals surface area (Å²) in [5.74, 6) is 0. The maximum atomic E-state index is 5.98. The maximum Gasteiger partial charge on any atom is 0.103 e. The van der Waals surface area contributed by atoms with Crippen LogP contribution in [0.5, 0.6) is 0 Å². The Balaban J connectivity index is 1.82. The van der Waals surface area contributed by atoms with E-state index in [-0.39, 0.29) is 6.17 Å². The third-order valence-electron chi connectivity index (χ3n) is 4.95. The molecule has 0 radical (unpaired) electrons. The molecule has 0 aromatic heterocycles. The highest BCUT2D eigenvalue weighted by Gasteiger charge is 2.22. The molecular formula is C21H41N3. The van der Waals surface area contributed by atoms with Gasteiger partial charge >= 0.3 is 0 Å². The zero-order valence-corrected chi connectivity index (χ0v) is 16.3. The molecular weight excluding hydrogens is 294 g/mol. The lowest BCUT2D eigenvalue weighted by atomic mass is 10.1. The molecule has 2 N–H and O–H groups in total. The first-order valence-electron chi connectivity index (χ1n) is 10.4. The topological polar surface area (TPSA) is 41.6 Å². The van der Waals surface area contributed by atoms with Crippen molar-refractivity contribution in [2.45, 2.75) is 110 Å². The molecule has 2 unspecified atom stereocenters. The van der Waals surface area contributed by atoms with Gasteiger partial charge in [0.1, 0.15) is 6.17 Å². The molecule has 0 saturated heterocycles. The monoisotopic (exact) mass is 335 g/mol. The van der Waals surface area contributed by atoms with Crippen LogP contribution in [0.25, 0.3) is 0 Å². The van der Waals surface area contributed by atoms with E-state index in [1.807, 2.05) is 6.21 Å². The first-order chi connectivity index (χ1) is 11.8. The third-order valence-corrected chi connectivity index (χ3v) is 4.95. The Morgan fingerprint density at radius 3 is 2.21 bits per heavy atom. The van der Waals surface area contributed by atoms with Crippen LogP contribution in [0.3, 0.4) is 0 Å². The SMILES string of the molecule is CCCC/C=C/CCCCCCCCCCC1N=CCN1C(C)N. The normalized spacial score (nSPS) is 19.5. The first-order valence-corrected chi connectivity index (χ1v) is 10.4. The lowest BCUT2D eigenvalue weighted by molar-refractivity contribution is 0.182. The van der Waals surface area contributed by atoms with Gasteiger partial charge in [0.15, 0.2) is 0 Å². The molecule has 0 amide bonds. The van der Waals surface area contributed by atoms with E-state index in [1.54, 1.807) is 0 Å².